The summed E-state index contributed by atoms with van der Waals surface area (Å²) in [6.07, 6.45) is 7.06. The molecular weight excluding hydrogens is 756 g/mol. The minimum Gasteiger partial charge on any atom is -0.434 e. The van der Waals surface area contributed by atoms with Gasteiger partial charge in [0.15, 0.2) is 17.3 Å². The molecule has 0 bridgehead atoms. The molecule has 0 spiro atoms. The first-order valence-electron chi connectivity index (χ1n) is 19.1. The number of aliphatic imine (C=N–C) groups is 1. The van der Waals surface area contributed by atoms with E-state index in [0.29, 0.717) is 40.6 Å². The van der Waals surface area contributed by atoms with Gasteiger partial charge in [0, 0.05) is 30.3 Å². The fourth-order valence-corrected chi connectivity index (χ4v) is 8.62. The molecule has 1 saturated heterocycles. The Morgan fingerprint density at radius 1 is 1.00 bits per heavy atom. The number of sulfonamides is 1. The second-order valence-corrected chi connectivity index (χ2v) is 17.2. The van der Waals surface area contributed by atoms with E-state index >= 15 is 0 Å². The highest BCUT2D eigenvalue weighted by molar-refractivity contribution is 7.88. The maximum atomic E-state index is 14.6. The highest BCUT2D eigenvalue weighted by atomic mass is 35.5. The number of guanidine groups is 1. The number of ketones is 2. The van der Waals surface area contributed by atoms with Crippen molar-refractivity contribution in [1.82, 2.24) is 14.6 Å². The molecule has 1 amide bonds. The second kappa shape index (κ2) is 18.5. The first kappa shape index (κ1) is 41.0. The summed E-state index contributed by atoms with van der Waals surface area (Å²) in [6, 6.07) is 19.1. The zero-order chi connectivity index (χ0) is 39.8. The number of nitrogens with zero attached hydrogens (tertiary/aromatic N) is 3. The molecule has 0 radical (unpaired) electrons. The minimum atomic E-state index is -3.78. The molecule has 1 aliphatic heterocycles. The van der Waals surface area contributed by atoms with Crippen molar-refractivity contribution in [3.63, 3.8) is 0 Å². The molecule has 298 valence electrons. The maximum absolute atomic E-state index is 14.6. The smallest absolute Gasteiger partial charge is 0.264 e. The van der Waals surface area contributed by atoms with Crippen LogP contribution in [0.25, 0.3) is 11.1 Å². The third-order valence-corrected chi connectivity index (χ3v) is 11.5. The van der Waals surface area contributed by atoms with Gasteiger partial charge in [-0.25, -0.2) is 23.1 Å². The third-order valence-electron chi connectivity index (χ3n) is 10.6. The van der Waals surface area contributed by atoms with Gasteiger partial charge in [-0.15, -0.1) is 0 Å². The van der Waals surface area contributed by atoms with Gasteiger partial charge in [-0.2, -0.15) is 0 Å². The largest absolute Gasteiger partial charge is 0.434 e. The predicted molar refractivity (Wildman–Crippen MR) is 215 cm³/mol. The summed E-state index contributed by atoms with van der Waals surface area (Å²) >= 11 is 6.08. The number of nitrogens with two attached hydrogens (primary N) is 2. The molecule has 6 rings (SSSR count). The van der Waals surface area contributed by atoms with Crippen LogP contribution < -0.4 is 16.2 Å². The highest BCUT2D eigenvalue weighted by Gasteiger charge is 2.44. The number of rotatable bonds is 17. The van der Waals surface area contributed by atoms with E-state index < -0.39 is 45.8 Å². The first-order chi connectivity index (χ1) is 26.8. The molecule has 2 heterocycles. The van der Waals surface area contributed by atoms with Gasteiger partial charge in [0.1, 0.15) is 11.6 Å². The van der Waals surface area contributed by atoms with Crippen LogP contribution in [0.3, 0.4) is 0 Å². The molecule has 15 heteroatoms. The summed E-state index contributed by atoms with van der Waals surface area (Å²) in [7, 11) is -3.78. The summed E-state index contributed by atoms with van der Waals surface area (Å²) in [6.45, 7) is 0.288. The Morgan fingerprint density at radius 2 is 1.70 bits per heavy atom. The second-order valence-electron chi connectivity index (χ2n) is 15.0. The van der Waals surface area contributed by atoms with Gasteiger partial charge in [0.05, 0.1) is 30.7 Å². The zero-order valence-electron chi connectivity index (χ0n) is 31.4. The number of Topliss-reactive ketones (excluding diaryl/α,β-unsaturated/α-hetero) is 2. The van der Waals surface area contributed by atoms with Crippen molar-refractivity contribution in [1.29, 1.82) is 0 Å². The van der Waals surface area contributed by atoms with Gasteiger partial charge in [-0.3, -0.25) is 14.4 Å². The average Bonchev–Trinajstić information content (AvgIpc) is 3.81. The van der Waals surface area contributed by atoms with Gasteiger partial charge >= 0.3 is 0 Å². The van der Waals surface area contributed by atoms with Crippen molar-refractivity contribution >= 4 is 61.8 Å². The highest BCUT2D eigenvalue weighted by Crippen LogP contribution is 2.31. The standard InChI is InChI=1S/C41H49ClN6O7S/c1-56(52,53)47-34(20-15-26-7-3-2-4-8-26)40(51)48-24-32(54-25-28-11-16-30(42)17-12-28)23-35(48)36(49)22-29(21-27-13-18-31(19-14-27)45-41(43)44)38(50)39-46-33-9-5-6-10-37(33)55-39/h5-6,9-14,16-19,26,29,32,34-35,47H,2-4,7-8,15,20-25H2,1H3,(H4,43,44,45)/t29-,32-,34-,35+/m1/s1. The van der Waals surface area contributed by atoms with Crippen LogP contribution >= 0.6 is 11.6 Å². The fourth-order valence-electron chi connectivity index (χ4n) is 7.76. The van der Waals surface area contributed by atoms with E-state index in [-0.39, 0.29) is 50.0 Å². The molecule has 4 atom stereocenters. The molecule has 13 nitrogen and oxygen atoms in total. The van der Waals surface area contributed by atoms with E-state index in [9.17, 15) is 22.8 Å². The Morgan fingerprint density at radius 3 is 2.38 bits per heavy atom. The van der Waals surface area contributed by atoms with Gasteiger partial charge in [-0.1, -0.05) is 80.1 Å². The average molecular weight is 805 g/mol. The van der Waals surface area contributed by atoms with Crippen molar-refractivity contribution in [2.24, 2.45) is 28.3 Å². The summed E-state index contributed by atoms with van der Waals surface area (Å²) < 4.78 is 39.9. The number of likely N-dealkylation sites (tertiary alicyclic amines) is 1. The lowest BCUT2D eigenvalue weighted by molar-refractivity contribution is -0.139. The van der Waals surface area contributed by atoms with Crippen LogP contribution in [0.4, 0.5) is 5.69 Å². The van der Waals surface area contributed by atoms with Crippen molar-refractivity contribution in [3.05, 3.63) is 94.8 Å². The van der Waals surface area contributed by atoms with E-state index in [0.717, 1.165) is 43.1 Å². The number of hydrogen-bond acceptors (Lipinski definition) is 9. The molecule has 1 saturated carbocycles. The van der Waals surface area contributed by atoms with E-state index in [1.807, 2.05) is 12.1 Å². The van der Waals surface area contributed by atoms with Crippen molar-refractivity contribution < 1.29 is 32.0 Å². The summed E-state index contributed by atoms with van der Waals surface area (Å²) in [5.41, 5.74) is 14.2. The van der Waals surface area contributed by atoms with Crippen LogP contribution in [-0.2, 0) is 37.4 Å². The molecule has 0 unspecified atom stereocenters. The summed E-state index contributed by atoms with van der Waals surface area (Å²) in [5, 5.41) is 0.585. The number of aromatic nitrogens is 1. The number of ether oxygens (including phenoxy) is 1. The minimum absolute atomic E-state index is 0.0736. The number of amides is 1. The fraction of sp³-hybridized carbons (Fsp3) is 0.439. The maximum Gasteiger partial charge on any atom is 0.264 e. The number of carbonyl (C=O) groups is 3. The van der Waals surface area contributed by atoms with E-state index in [4.69, 9.17) is 32.2 Å². The van der Waals surface area contributed by atoms with Crippen LogP contribution in [0.1, 0.15) is 79.6 Å². The summed E-state index contributed by atoms with van der Waals surface area (Å²) in [4.78, 5) is 53.2. The van der Waals surface area contributed by atoms with Crippen LogP contribution in [-0.4, -0.2) is 72.7 Å². The molecule has 5 N–H and O–H groups in total. The monoisotopic (exact) mass is 804 g/mol. The summed E-state index contributed by atoms with van der Waals surface area (Å²) in [5.74, 6) is -2.03. The molecule has 1 aliphatic carbocycles. The molecule has 1 aromatic heterocycles. The predicted octanol–water partition coefficient (Wildman–Crippen LogP) is 5.85. The van der Waals surface area contributed by atoms with E-state index in [2.05, 4.69) is 14.7 Å². The number of halogens is 1. The third kappa shape index (κ3) is 11.2. The zero-order valence-corrected chi connectivity index (χ0v) is 33.0. The SMILES string of the molecule is CS(=O)(=O)N[C@H](CCC1CCCCC1)C(=O)N1C[C@H](OCc2ccc(Cl)cc2)C[C@H]1C(=O)C[C@@H](Cc1ccc(N=C(N)N)cc1)C(=O)c1nc2ccccc2o1. The number of fused-ring (bicyclic) bond motifs is 1. The number of oxazole rings is 1. The van der Waals surface area contributed by atoms with Gasteiger partial charge < -0.3 is 25.5 Å². The number of carbonyl (C=O) groups excluding carboxylic acids is 3. The Bertz CT molecular complexity index is 2100. The van der Waals surface area contributed by atoms with Crippen LogP contribution in [0.5, 0.6) is 0 Å². The first-order valence-corrected chi connectivity index (χ1v) is 21.3. The quantitative estimate of drug-likeness (QED) is 0.0661. The van der Waals surface area contributed by atoms with Crippen LogP contribution in [0.15, 0.2) is 82.2 Å². The molecule has 56 heavy (non-hydrogen) atoms. The van der Waals surface area contributed by atoms with Gasteiger partial charge in [0.2, 0.25) is 21.7 Å². The molecule has 2 aliphatic rings. The number of benzene rings is 3. The van der Waals surface area contributed by atoms with Crippen molar-refractivity contribution in [2.45, 2.75) is 89.0 Å². The van der Waals surface area contributed by atoms with E-state index in [1.54, 1.807) is 60.7 Å². The van der Waals surface area contributed by atoms with Gasteiger partial charge in [-0.05, 0) is 72.7 Å². The van der Waals surface area contributed by atoms with Crippen LogP contribution in [0.2, 0.25) is 5.02 Å². The molecule has 3 aromatic carbocycles. The molecule has 2 fully saturated rings. The Balaban J connectivity index is 1.27. The number of para-hydroxylation sites is 2. The van der Waals surface area contributed by atoms with Gasteiger partial charge in [0.25, 0.3) is 5.89 Å². The molecule has 4 aromatic rings. The Labute approximate surface area is 332 Å². The van der Waals surface area contributed by atoms with Crippen LogP contribution in [0, 0.1) is 11.8 Å². The Kier molecular flexibility index (Phi) is 13.6. The van der Waals surface area contributed by atoms with E-state index in [1.165, 1.54) is 11.3 Å². The Hall–Kier alpha value is -4.63. The normalized spacial score (nSPS) is 18.8. The van der Waals surface area contributed by atoms with Crippen molar-refractivity contribution in [2.75, 3.05) is 12.8 Å². The lowest BCUT2D eigenvalue weighted by atomic mass is 9.85. The number of nitrogens with one attached hydrogen (secondary N) is 1. The van der Waals surface area contributed by atoms with Crippen molar-refractivity contribution in [3.8, 4) is 0 Å². The molecular formula is C41H49ClN6O7S. The number of hydrogen-bond donors (Lipinski definition) is 3. The lowest BCUT2D eigenvalue weighted by Gasteiger charge is -2.30. The lowest BCUT2D eigenvalue weighted by Crippen LogP contribution is -2.52. The topological polar surface area (TPSA) is 200 Å².